The number of nitrogens with one attached hydrogen (secondary N) is 1. The maximum absolute atomic E-state index is 13.8. The highest BCUT2D eigenvalue weighted by Crippen LogP contribution is 2.36. The molecule has 262 valence electrons. The molecule has 0 aliphatic heterocycles. The molecule has 0 spiro atoms. The molecule has 1 amide bonds. The Hall–Kier alpha value is -6.05. The van der Waals surface area contributed by atoms with Crippen molar-refractivity contribution in [3.63, 3.8) is 0 Å². The Labute approximate surface area is 306 Å². The van der Waals surface area contributed by atoms with E-state index in [-0.39, 0.29) is 6.42 Å². The first-order valence-electron chi connectivity index (χ1n) is 17.4. The number of benzene rings is 4. The summed E-state index contributed by atoms with van der Waals surface area (Å²) in [5.41, 5.74) is 9.68. The van der Waals surface area contributed by atoms with E-state index in [2.05, 4.69) is 52.7 Å². The van der Waals surface area contributed by atoms with Crippen molar-refractivity contribution in [2.45, 2.75) is 52.2 Å². The summed E-state index contributed by atoms with van der Waals surface area (Å²) in [5.74, 6) is 0.712. The number of aryl methyl sites for hydroxylation is 2. The molecule has 0 aliphatic carbocycles. The number of carbonyl (C=O) groups excluding carboxylic acids is 1. The average Bonchev–Trinajstić information content (AvgIpc) is 3.13. The van der Waals surface area contributed by atoms with E-state index in [0.717, 1.165) is 50.1 Å². The fourth-order valence-corrected chi connectivity index (χ4v) is 6.28. The predicted octanol–water partition coefficient (Wildman–Crippen LogP) is 9.93. The Morgan fingerprint density at radius 3 is 2.10 bits per heavy atom. The van der Waals surface area contributed by atoms with Crippen molar-refractivity contribution in [3.8, 4) is 0 Å². The van der Waals surface area contributed by atoms with Crippen LogP contribution in [0.25, 0.3) is 11.6 Å². The van der Waals surface area contributed by atoms with Gasteiger partial charge in [0.25, 0.3) is 0 Å². The van der Waals surface area contributed by atoms with E-state index >= 15 is 0 Å². The molecule has 2 aromatic heterocycles. The van der Waals surface area contributed by atoms with E-state index in [1.165, 1.54) is 5.01 Å². The van der Waals surface area contributed by atoms with Gasteiger partial charge in [0, 0.05) is 18.8 Å². The summed E-state index contributed by atoms with van der Waals surface area (Å²) in [7, 11) is 0. The van der Waals surface area contributed by atoms with Crippen molar-refractivity contribution in [2.24, 2.45) is 0 Å². The standard InChI is InChI=1S/C45H44N4O3/c1-32-16-12-14-22-38(32)39(36-18-8-6-9-19-36)28-34-24-26-46-41(29-34)48-49(43(50)52-44(3,4)5)42-30-35(25-27-47-42)31-45(51,37-20-10-7-11-21-37)40-23-15-13-17-33(40)2/h6-30,51H,31H2,1-5H3,(H,46,48). The molecule has 4 aromatic carbocycles. The van der Waals surface area contributed by atoms with Crippen LogP contribution in [0.3, 0.4) is 0 Å². The van der Waals surface area contributed by atoms with Gasteiger partial charge in [0.05, 0.1) is 0 Å². The van der Waals surface area contributed by atoms with Gasteiger partial charge in [0.15, 0.2) is 5.82 Å². The first kappa shape index (κ1) is 35.8. The predicted molar refractivity (Wildman–Crippen MR) is 210 cm³/mol. The number of carbonyl (C=O) groups is 1. The fourth-order valence-electron chi connectivity index (χ4n) is 6.28. The minimum atomic E-state index is -1.34. The van der Waals surface area contributed by atoms with E-state index in [1.807, 2.05) is 131 Å². The van der Waals surface area contributed by atoms with Gasteiger partial charge in [0.1, 0.15) is 17.0 Å². The maximum Gasteiger partial charge on any atom is 0.435 e. The molecule has 0 saturated heterocycles. The average molecular weight is 689 g/mol. The van der Waals surface area contributed by atoms with E-state index < -0.39 is 17.3 Å². The van der Waals surface area contributed by atoms with Gasteiger partial charge < -0.3 is 9.84 Å². The van der Waals surface area contributed by atoms with Crippen molar-refractivity contribution < 1.29 is 14.6 Å². The lowest BCUT2D eigenvalue weighted by Crippen LogP contribution is -2.41. The number of rotatable bonds is 10. The number of hydrogen-bond acceptors (Lipinski definition) is 6. The fraction of sp³-hybridized carbons (Fsp3) is 0.178. The summed E-state index contributed by atoms with van der Waals surface area (Å²) in [4.78, 5) is 23.0. The second kappa shape index (κ2) is 15.5. The summed E-state index contributed by atoms with van der Waals surface area (Å²) < 4.78 is 5.84. The Morgan fingerprint density at radius 1 is 0.769 bits per heavy atom. The molecule has 0 fully saturated rings. The molecule has 0 saturated carbocycles. The first-order chi connectivity index (χ1) is 25.0. The van der Waals surface area contributed by atoms with Crippen molar-refractivity contribution in [1.82, 2.24) is 9.97 Å². The molecular weight excluding hydrogens is 645 g/mol. The van der Waals surface area contributed by atoms with Crippen LogP contribution in [0.1, 0.15) is 65.3 Å². The van der Waals surface area contributed by atoms with Gasteiger partial charge in [-0.05, 0) is 115 Å². The molecule has 1 unspecified atom stereocenters. The molecule has 7 nitrogen and oxygen atoms in total. The van der Waals surface area contributed by atoms with Crippen LogP contribution < -0.4 is 10.4 Å². The number of pyridine rings is 2. The molecule has 2 N–H and O–H groups in total. The zero-order valence-electron chi connectivity index (χ0n) is 30.2. The SMILES string of the molecule is Cc1ccccc1C(=Cc1ccnc(NN(C(=O)OC(C)(C)C)c2cc(CC(O)(c3ccccc3)c3ccccc3C)ccn2)c1)c1ccccc1. The van der Waals surface area contributed by atoms with Gasteiger partial charge in [-0.2, -0.15) is 5.01 Å². The molecule has 0 aliphatic rings. The van der Waals surface area contributed by atoms with Crippen molar-refractivity contribution in [2.75, 3.05) is 10.4 Å². The number of hydrazine groups is 1. The number of amides is 1. The van der Waals surface area contributed by atoms with Crippen molar-refractivity contribution >= 4 is 29.4 Å². The molecule has 6 rings (SSSR count). The Bertz CT molecular complexity index is 2180. The Kier molecular flexibility index (Phi) is 10.6. The van der Waals surface area contributed by atoms with Crippen molar-refractivity contribution in [1.29, 1.82) is 0 Å². The van der Waals surface area contributed by atoms with Crippen LogP contribution in [0.5, 0.6) is 0 Å². The van der Waals surface area contributed by atoms with E-state index in [1.54, 1.807) is 18.5 Å². The molecule has 0 bridgehead atoms. The molecule has 0 radical (unpaired) electrons. The second-order valence-electron chi connectivity index (χ2n) is 13.9. The van der Waals surface area contributed by atoms with Gasteiger partial charge in [-0.1, -0.05) is 109 Å². The normalized spacial score (nSPS) is 12.8. The summed E-state index contributed by atoms with van der Waals surface area (Å²) in [6.45, 7) is 9.54. The zero-order valence-corrected chi connectivity index (χ0v) is 30.2. The lowest BCUT2D eigenvalue weighted by molar-refractivity contribution is 0.0587. The number of ether oxygens (including phenoxy) is 1. The zero-order chi connectivity index (χ0) is 36.7. The largest absolute Gasteiger partial charge is 0.442 e. The number of aromatic nitrogens is 2. The highest BCUT2D eigenvalue weighted by molar-refractivity contribution is 5.93. The monoisotopic (exact) mass is 688 g/mol. The van der Waals surface area contributed by atoms with Gasteiger partial charge in [-0.25, -0.2) is 14.8 Å². The first-order valence-corrected chi connectivity index (χ1v) is 17.4. The smallest absolute Gasteiger partial charge is 0.435 e. The van der Waals surface area contributed by atoms with Gasteiger partial charge in [0.2, 0.25) is 0 Å². The van der Waals surface area contributed by atoms with Crippen LogP contribution >= 0.6 is 0 Å². The quantitative estimate of drug-likeness (QED) is 0.139. The van der Waals surface area contributed by atoms with Gasteiger partial charge >= 0.3 is 6.09 Å². The maximum atomic E-state index is 13.8. The van der Waals surface area contributed by atoms with Crippen molar-refractivity contribution in [3.05, 3.63) is 190 Å². The summed E-state index contributed by atoms with van der Waals surface area (Å²) >= 11 is 0. The third-order valence-corrected chi connectivity index (χ3v) is 8.76. The highest BCUT2D eigenvalue weighted by Gasteiger charge is 2.34. The van der Waals surface area contributed by atoms with Gasteiger partial charge in [-0.3, -0.25) is 5.43 Å². The minimum Gasteiger partial charge on any atom is -0.442 e. The number of anilines is 2. The summed E-state index contributed by atoms with van der Waals surface area (Å²) in [6.07, 6.45) is 5.04. The molecule has 1 atom stereocenters. The summed E-state index contributed by atoms with van der Waals surface area (Å²) in [6, 6.07) is 43.5. The number of hydrogen-bond donors (Lipinski definition) is 2. The van der Waals surface area contributed by atoms with Crippen LogP contribution in [-0.2, 0) is 16.8 Å². The van der Waals surface area contributed by atoms with Crippen LogP contribution in [0, 0.1) is 13.8 Å². The number of nitrogens with zero attached hydrogens (tertiary/aromatic N) is 3. The highest BCUT2D eigenvalue weighted by atomic mass is 16.6. The molecule has 2 heterocycles. The van der Waals surface area contributed by atoms with E-state index in [4.69, 9.17) is 4.74 Å². The lowest BCUT2D eigenvalue weighted by Gasteiger charge is -2.31. The topological polar surface area (TPSA) is 87.6 Å². The van der Waals surface area contributed by atoms with Crippen LogP contribution in [-0.4, -0.2) is 26.8 Å². The number of aliphatic hydroxyl groups is 1. The lowest BCUT2D eigenvalue weighted by atomic mass is 9.79. The van der Waals surface area contributed by atoms with Gasteiger partial charge in [-0.15, -0.1) is 0 Å². The van der Waals surface area contributed by atoms with Crippen LogP contribution in [0.2, 0.25) is 0 Å². The van der Waals surface area contributed by atoms with E-state index in [9.17, 15) is 9.90 Å². The third kappa shape index (κ3) is 8.45. The van der Waals surface area contributed by atoms with Crippen LogP contribution in [0.4, 0.5) is 16.4 Å². The third-order valence-electron chi connectivity index (χ3n) is 8.76. The molecule has 6 aromatic rings. The molecule has 7 heteroatoms. The Morgan fingerprint density at radius 2 is 1.40 bits per heavy atom. The second-order valence-corrected chi connectivity index (χ2v) is 13.9. The minimum absolute atomic E-state index is 0.235. The molecular formula is C45H44N4O3. The van der Waals surface area contributed by atoms with Crippen LogP contribution in [0.15, 0.2) is 146 Å². The Balaban J connectivity index is 1.37. The van der Waals surface area contributed by atoms with E-state index in [0.29, 0.717) is 11.6 Å². The summed E-state index contributed by atoms with van der Waals surface area (Å²) in [5, 5.41) is 13.7. The molecule has 52 heavy (non-hydrogen) atoms.